The Bertz CT molecular complexity index is 1170. The van der Waals surface area contributed by atoms with Gasteiger partial charge in [-0.2, -0.15) is 11.3 Å². The van der Waals surface area contributed by atoms with Crippen molar-refractivity contribution in [3.8, 4) is 11.1 Å². The number of hydrogen-bond donors (Lipinski definition) is 0. The Morgan fingerprint density at radius 1 is 1.11 bits per heavy atom. The van der Waals surface area contributed by atoms with E-state index in [0.717, 1.165) is 29.7 Å². The van der Waals surface area contributed by atoms with Gasteiger partial charge in [-0.05, 0) is 59.8 Å². The quantitative estimate of drug-likeness (QED) is 0.305. The van der Waals surface area contributed by atoms with Crippen molar-refractivity contribution < 1.29 is 9.21 Å². The largest absolute Gasteiger partial charge is 0.422 e. The Hall–Kier alpha value is -2.70. The lowest BCUT2D eigenvalue weighted by Crippen LogP contribution is -2.22. The number of fused-ring (bicyclic) bond motifs is 1. The predicted octanol–water partition coefficient (Wildman–Crippen LogP) is 5.66. The summed E-state index contributed by atoms with van der Waals surface area (Å²) in [5.41, 5.74) is 2.51. The summed E-state index contributed by atoms with van der Waals surface area (Å²) in [5, 5.41) is 6.50. The van der Waals surface area contributed by atoms with Crippen LogP contribution in [0.2, 0.25) is 0 Å². The molecular weight excluding hydrogens is 390 g/mol. The summed E-state index contributed by atoms with van der Waals surface area (Å²) in [6.07, 6.45) is 0. The molecule has 0 atom stereocenters. The molecule has 4 nitrogen and oxygen atoms in total. The van der Waals surface area contributed by atoms with Crippen molar-refractivity contribution >= 4 is 45.1 Å². The molecule has 0 radical (unpaired) electrons. The Balaban J connectivity index is 2.01. The van der Waals surface area contributed by atoms with Crippen LogP contribution in [0.1, 0.15) is 29.1 Å². The number of thiophene rings is 2. The van der Waals surface area contributed by atoms with Gasteiger partial charge >= 0.3 is 5.63 Å². The Morgan fingerprint density at radius 3 is 2.57 bits per heavy atom. The van der Waals surface area contributed by atoms with E-state index in [-0.39, 0.29) is 11.3 Å². The molecule has 0 aliphatic heterocycles. The number of anilines is 1. The summed E-state index contributed by atoms with van der Waals surface area (Å²) in [6.45, 7) is 5.89. The van der Waals surface area contributed by atoms with Crippen molar-refractivity contribution in [1.29, 1.82) is 0 Å². The number of carbonyl (C=O) groups excluding carboxylic acids is 1. The van der Waals surface area contributed by atoms with Crippen LogP contribution in [0.4, 0.5) is 5.69 Å². The summed E-state index contributed by atoms with van der Waals surface area (Å²) in [6, 6.07) is 11.3. The van der Waals surface area contributed by atoms with Gasteiger partial charge in [0.15, 0.2) is 0 Å². The first kappa shape index (κ1) is 18.7. The molecule has 0 bridgehead atoms. The standard InChI is InChI=1S/C22H19NO3S2/c1-3-23(4-2)15-7-8-16-17(12-15)26-22(25)20(19(16)14-9-11-27-13-14)21(24)18-6-5-10-28-18/h5-13H,3-4H2,1-2H3. The van der Waals surface area contributed by atoms with Crippen LogP contribution >= 0.6 is 22.7 Å². The van der Waals surface area contributed by atoms with Crippen LogP contribution < -0.4 is 10.5 Å². The maximum atomic E-state index is 13.1. The summed E-state index contributed by atoms with van der Waals surface area (Å²) < 4.78 is 5.64. The van der Waals surface area contributed by atoms with Gasteiger partial charge in [-0.1, -0.05) is 6.07 Å². The van der Waals surface area contributed by atoms with Crippen LogP contribution in [-0.2, 0) is 0 Å². The first-order valence-corrected chi connectivity index (χ1v) is 10.9. The molecule has 0 saturated carbocycles. The molecule has 0 spiro atoms. The second kappa shape index (κ2) is 7.73. The molecule has 6 heteroatoms. The highest BCUT2D eigenvalue weighted by Crippen LogP contribution is 2.35. The number of rotatable bonds is 6. The maximum absolute atomic E-state index is 13.1. The highest BCUT2D eigenvalue weighted by Gasteiger charge is 2.24. The van der Waals surface area contributed by atoms with Crippen molar-refractivity contribution in [3.05, 3.63) is 73.4 Å². The normalized spacial score (nSPS) is 11.1. The van der Waals surface area contributed by atoms with E-state index in [0.29, 0.717) is 16.0 Å². The van der Waals surface area contributed by atoms with Crippen molar-refractivity contribution in [2.24, 2.45) is 0 Å². The van der Waals surface area contributed by atoms with Gasteiger partial charge in [0.1, 0.15) is 11.1 Å². The zero-order valence-corrected chi connectivity index (χ0v) is 17.2. The van der Waals surface area contributed by atoms with E-state index < -0.39 is 5.63 Å². The molecule has 0 aliphatic rings. The lowest BCUT2D eigenvalue weighted by molar-refractivity contribution is 0.104. The Kier molecular flexibility index (Phi) is 5.15. The van der Waals surface area contributed by atoms with Crippen molar-refractivity contribution in [2.75, 3.05) is 18.0 Å². The zero-order valence-electron chi connectivity index (χ0n) is 15.6. The van der Waals surface area contributed by atoms with Crippen molar-refractivity contribution in [2.45, 2.75) is 13.8 Å². The van der Waals surface area contributed by atoms with Gasteiger partial charge in [-0.15, -0.1) is 11.3 Å². The lowest BCUT2D eigenvalue weighted by atomic mass is 9.96. The summed E-state index contributed by atoms with van der Waals surface area (Å²) in [7, 11) is 0. The van der Waals surface area contributed by atoms with Crippen LogP contribution in [-0.4, -0.2) is 18.9 Å². The second-order valence-electron chi connectivity index (χ2n) is 6.31. The number of hydrogen-bond acceptors (Lipinski definition) is 6. The molecule has 0 unspecified atom stereocenters. The first-order chi connectivity index (χ1) is 13.6. The second-order valence-corrected chi connectivity index (χ2v) is 8.04. The topological polar surface area (TPSA) is 50.5 Å². The number of ketones is 1. The van der Waals surface area contributed by atoms with E-state index in [4.69, 9.17) is 4.42 Å². The Labute approximate surface area is 170 Å². The van der Waals surface area contributed by atoms with E-state index in [2.05, 4.69) is 18.7 Å². The van der Waals surface area contributed by atoms with E-state index >= 15 is 0 Å². The van der Waals surface area contributed by atoms with Gasteiger partial charge in [0.2, 0.25) is 5.78 Å². The molecule has 0 N–H and O–H groups in total. The van der Waals surface area contributed by atoms with Gasteiger partial charge in [0, 0.05) is 35.8 Å². The zero-order chi connectivity index (χ0) is 19.7. The fourth-order valence-electron chi connectivity index (χ4n) is 3.42. The van der Waals surface area contributed by atoms with E-state index in [9.17, 15) is 9.59 Å². The van der Waals surface area contributed by atoms with Crippen molar-refractivity contribution in [1.82, 2.24) is 0 Å². The summed E-state index contributed by atoms with van der Waals surface area (Å²) >= 11 is 2.86. The molecular formula is C22H19NO3S2. The third-order valence-electron chi connectivity index (χ3n) is 4.80. The highest BCUT2D eigenvalue weighted by atomic mass is 32.1. The third kappa shape index (κ3) is 3.19. The number of carbonyl (C=O) groups is 1. The fraction of sp³-hybridized carbons (Fsp3) is 0.182. The average molecular weight is 410 g/mol. The highest BCUT2D eigenvalue weighted by molar-refractivity contribution is 7.12. The average Bonchev–Trinajstić information content (AvgIpc) is 3.41. The molecule has 1 aromatic carbocycles. The van der Waals surface area contributed by atoms with Crippen LogP contribution in [0.3, 0.4) is 0 Å². The maximum Gasteiger partial charge on any atom is 0.348 e. The number of nitrogens with zero attached hydrogens (tertiary/aromatic N) is 1. The SMILES string of the molecule is CCN(CC)c1ccc2c(-c3ccsc3)c(C(=O)c3cccs3)c(=O)oc2c1. The van der Waals surface area contributed by atoms with Gasteiger partial charge in [0.05, 0.1) is 4.88 Å². The van der Waals surface area contributed by atoms with Crippen LogP contribution in [0.25, 0.3) is 22.1 Å². The summed E-state index contributed by atoms with van der Waals surface area (Å²) in [4.78, 5) is 28.7. The molecule has 4 rings (SSSR count). The summed E-state index contributed by atoms with van der Waals surface area (Å²) in [5.74, 6) is -0.292. The van der Waals surface area contributed by atoms with Gasteiger partial charge in [0.25, 0.3) is 0 Å². The van der Waals surface area contributed by atoms with E-state index in [1.807, 2.05) is 40.4 Å². The smallest absolute Gasteiger partial charge is 0.348 e. The molecule has 0 amide bonds. The molecule has 28 heavy (non-hydrogen) atoms. The molecule has 0 fully saturated rings. The van der Waals surface area contributed by atoms with Gasteiger partial charge in [-0.3, -0.25) is 4.79 Å². The minimum Gasteiger partial charge on any atom is -0.422 e. The fourth-order valence-corrected chi connectivity index (χ4v) is 4.74. The molecule has 4 aromatic rings. The van der Waals surface area contributed by atoms with Gasteiger partial charge in [-0.25, -0.2) is 4.79 Å². The molecule has 3 heterocycles. The molecule has 0 aliphatic carbocycles. The lowest BCUT2D eigenvalue weighted by Gasteiger charge is -2.21. The third-order valence-corrected chi connectivity index (χ3v) is 6.35. The van der Waals surface area contributed by atoms with Crippen LogP contribution in [0.5, 0.6) is 0 Å². The minimum absolute atomic E-state index is 0.101. The van der Waals surface area contributed by atoms with Crippen LogP contribution in [0, 0.1) is 0 Å². The monoisotopic (exact) mass is 409 g/mol. The van der Waals surface area contributed by atoms with E-state index in [1.165, 1.54) is 22.7 Å². The minimum atomic E-state index is -0.594. The molecule has 3 aromatic heterocycles. The van der Waals surface area contributed by atoms with Gasteiger partial charge < -0.3 is 9.32 Å². The van der Waals surface area contributed by atoms with Crippen LogP contribution in [0.15, 0.2) is 61.8 Å². The molecule has 0 saturated heterocycles. The first-order valence-electron chi connectivity index (χ1n) is 9.10. The van der Waals surface area contributed by atoms with Crippen molar-refractivity contribution in [3.63, 3.8) is 0 Å². The Morgan fingerprint density at radius 2 is 1.93 bits per heavy atom. The number of benzene rings is 1. The predicted molar refractivity (Wildman–Crippen MR) is 117 cm³/mol. The molecule has 142 valence electrons. The van der Waals surface area contributed by atoms with E-state index in [1.54, 1.807) is 12.1 Å².